The SMILES string of the molecule is Cc1ccc(Cl)cc1N1CCN(C(=S)Nc2ccc3c(C)cc(=O)oc3c2)CC1. The molecule has 2 aromatic carbocycles. The second-order valence-electron chi connectivity index (χ2n) is 7.29. The lowest BCUT2D eigenvalue weighted by molar-refractivity contribution is 0.390. The van der Waals surface area contributed by atoms with Gasteiger partial charge in [-0.2, -0.15) is 0 Å². The number of nitrogens with zero attached hydrogens (tertiary/aromatic N) is 2. The van der Waals surface area contributed by atoms with Gasteiger partial charge in [0.25, 0.3) is 0 Å². The zero-order chi connectivity index (χ0) is 20.5. The second-order valence-corrected chi connectivity index (χ2v) is 8.12. The zero-order valence-electron chi connectivity index (χ0n) is 16.4. The molecular weight excluding hydrogens is 406 g/mol. The first-order valence-corrected chi connectivity index (χ1v) is 10.3. The Balaban J connectivity index is 1.43. The van der Waals surface area contributed by atoms with Crippen LogP contribution in [0.25, 0.3) is 11.0 Å². The number of aryl methyl sites for hydroxylation is 2. The summed E-state index contributed by atoms with van der Waals surface area (Å²) >= 11 is 11.8. The molecule has 1 fully saturated rings. The first-order chi connectivity index (χ1) is 13.9. The Morgan fingerprint density at radius 2 is 1.79 bits per heavy atom. The van der Waals surface area contributed by atoms with Gasteiger partial charge in [0, 0.05) is 60.1 Å². The van der Waals surface area contributed by atoms with Gasteiger partial charge in [0.1, 0.15) is 5.58 Å². The molecule has 0 spiro atoms. The molecule has 1 aromatic heterocycles. The second kappa shape index (κ2) is 8.05. The molecule has 0 atom stereocenters. The van der Waals surface area contributed by atoms with Crippen molar-refractivity contribution in [2.45, 2.75) is 13.8 Å². The average Bonchev–Trinajstić information content (AvgIpc) is 2.69. The Kier molecular flexibility index (Phi) is 5.48. The Morgan fingerprint density at radius 3 is 2.55 bits per heavy atom. The molecule has 0 aliphatic carbocycles. The van der Waals surface area contributed by atoms with Crippen LogP contribution in [-0.2, 0) is 0 Å². The van der Waals surface area contributed by atoms with E-state index in [4.69, 9.17) is 28.2 Å². The van der Waals surface area contributed by atoms with Gasteiger partial charge >= 0.3 is 5.63 Å². The van der Waals surface area contributed by atoms with Crippen molar-refractivity contribution in [2.24, 2.45) is 0 Å². The van der Waals surface area contributed by atoms with Gasteiger partial charge in [-0.05, 0) is 61.5 Å². The molecule has 2 heterocycles. The number of fused-ring (bicyclic) bond motifs is 1. The number of benzene rings is 2. The van der Waals surface area contributed by atoms with Crippen LogP contribution in [0.2, 0.25) is 5.02 Å². The highest BCUT2D eigenvalue weighted by Crippen LogP contribution is 2.26. The molecule has 29 heavy (non-hydrogen) atoms. The van der Waals surface area contributed by atoms with E-state index in [0.29, 0.717) is 10.7 Å². The van der Waals surface area contributed by atoms with Crippen LogP contribution in [-0.4, -0.2) is 36.2 Å². The predicted octanol–water partition coefficient (Wildman–Crippen LogP) is 4.58. The van der Waals surface area contributed by atoms with Crippen molar-refractivity contribution in [1.82, 2.24) is 4.90 Å². The Bertz CT molecular complexity index is 1140. The lowest BCUT2D eigenvalue weighted by Gasteiger charge is -2.38. The van der Waals surface area contributed by atoms with Gasteiger partial charge in [0.15, 0.2) is 5.11 Å². The van der Waals surface area contributed by atoms with Crippen molar-refractivity contribution in [3.63, 3.8) is 0 Å². The number of hydrogen-bond acceptors (Lipinski definition) is 4. The first kappa shape index (κ1) is 19.7. The largest absolute Gasteiger partial charge is 0.423 e. The van der Waals surface area contributed by atoms with Crippen LogP contribution < -0.4 is 15.8 Å². The molecule has 1 N–H and O–H groups in total. The van der Waals surface area contributed by atoms with Gasteiger partial charge < -0.3 is 19.5 Å². The van der Waals surface area contributed by atoms with Crippen molar-refractivity contribution < 1.29 is 4.42 Å². The van der Waals surface area contributed by atoms with Gasteiger partial charge in [0.05, 0.1) is 0 Å². The molecule has 3 aromatic rings. The Hall–Kier alpha value is -2.57. The van der Waals surface area contributed by atoms with Crippen LogP contribution in [0.5, 0.6) is 0 Å². The van der Waals surface area contributed by atoms with Gasteiger partial charge in [0.2, 0.25) is 0 Å². The van der Waals surface area contributed by atoms with Crippen molar-refractivity contribution >= 4 is 51.3 Å². The fourth-order valence-corrected chi connectivity index (χ4v) is 4.15. The van der Waals surface area contributed by atoms with Gasteiger partial charge in [-0.1, -0.05) is 17.7 Å². The number of piperazine rings is 1. The molecule has 1 aliphatic heterocycles. The third kappa shape index (κ3) is 4.23. The molecule has 0 amide bonds. The van der Waals surface area contributed by atoms with Gasteiger partial charge in [-0.15, -0.1) is 0 Å². The first-order valence-electron chi connectivity index (χ1n) is 9.52. The maximum atomic E-state index is 11.6. The average molecular weight is 428 g/mol. The van der Waals surface area contributed by atoms with Crippen molar-refractivity contribution in [3.05, 3.63) is 69.0 Å². The number of rotatable bonds is 2. The summed E-state index contributed by atoms with van der Waals surface area (Å²) in [6, 6.07) is 13.2. The smallest absolute Gasteiger partial charge is 0.336 e. The maximum Gasteiger partial charge on any atom is 0.336 e. The summed E-state index contributed by atoms with van der Waals surface area (Å²) in [6.07, 6.45) is 0. The summed E-state index contributed by atoms with van der Waals surface area (Å²) < 4.78 is 5.32. The minimum atomic E-state index is -0.345. The normalized spacial score (nSPS) is 14.3. The minimum Gasteiger partial charge on any atom is -0.423 e. The standard InChI is InChI=1S/C22H22ClN3O2S/c1-14-3-4-16(23)12-19(14)25-7-9-26(10-8-25)22(29)24-17-5-6-18-15(2)11-21(27)28-20(18)13-17/h3-6,11-13H,7-10H2,1-2H3,(H,24,29). The van der Waals surface area contributed by atoms with E-state index in [-0.39, 0.29) is 5.63 Å². The minimum absolute atomic E-state index is 0.345. The summed E-state index contributed by atoms with van der Waals surface area (Å²) in [7, 11) is 0. The zero-order valence-corrected chi connectivity index (χ0v) is 17.9. The molecule has 0 saturated carbocycles. The summed E-state index contributed by atoms with van der Waals surface area (Å²) in [5.41, 5.74) is 4.32. The summed E-state index contributed by atoms with van der Waals surface area (Å²) in [5, 5.41) is 5.62. The maximum absolute atomic E-state index is 11.6. The lowest BCUT2D eigenvalue weighted by Crippen LogP contribution is -2.50. The Labute approximate surface area is 179 Å². The fourth-order valence-electron chi connectivity index (χ4n) is 3.68. The van der Waals surface area contributed by atoms with E-state index in [1.807, 2.05) is 37.3 Å². The van der Waals surface area contributed by atoms with Crippen LogP contribution in [0.1, 0.15) is 11.1 Å². The van der Waals surface area contributed by atoms with E-state index in [0.717, 1.165) is 47.8 Å². The summed E-state index contributed by atoms with van der Waals surface area (Å²) in [4.78, 5) is 16.1. The molecule has 0 radical (unpaired) electrons. The van der Waals surface area contributed by atoms with E-state index < -0.39 is 0 Å². The van der Waals surface area contributed by atoms with E-state index in [2.05, 4.69) is 28.1 Å². The van der Waals surface area contributed by atoms with Crippen LogP contribution in [0.3, 0.4) is 0 Å². The molecule has 4 rings (SSSR count). The molecule has 7 heteroatoms. The number of nitrogens with one attached hydrogen (secondary N) is 1. The van der Waals surface area contributed by atoms with Crippen LogP contribution in [0.4, 0.5) is 11.4 Å². The number of hydrogen-bond donors (Lipinski definition) is 1. The van der Waals surface area contributed by atoms with Crippen molar-refractivity contribution in [3.8, 4) is 0 Å². The van der Waals surface area contributed by atoms with E-state index in [1.165, 1.54) is 17.3 Å². The van der Waals surface area contributed by atoms with E-state index in [9.17, 15) is 4.79 Å². The van der Waals surface area contributed by atoms with E-state index in [1.54, 1.807) is 0 Å². The topological polar surface area (TPSA) is 48.7 Å². The fraction of sp³-hybridized carbons (Fsp3) is 0.273. The highest BCUT2D eigenvalue weighted by molar-refractivity contribution is 7.80. The van der Waals surface area contributed by atoms with Gasteiger partial charge in [-0.3, -0.25) is 0 Å². The summed E-state index contributed by atoms with van der Waals surface area (Å²) in [5.74, 6) is 0. The highest BCUT2D eigenvalue weighted by atomic mass is 35.5. The number of thiocarbonyl (C=S) groups is 1. The molecule has 0 bridgehead atoms. The molecule has 150 valence electrons. The van der Waals surface area contributed by atoms with Crippen molar-refractivity contribution in [1.29, 1.82) is 0 Å². The Morgan fingerprint density at radius 1 is 1.03 bits per heavy atom. The van der Waals surface area contributed by atoms with E-state index >= 15 is 0 Å². The number of halogens is 1. The molecular formula is C22H22ClN3O2S. The quantitative estimate of drug-likeness (QED) is 0.477. The van der Waals surface area contributed by atoms with Crippen LogP contribution >= 0.6 is 23.8 Å². The van der Waals surface area contributed by atoms with Crippen LogP contribution in [0.15, 0.2) is 51.7 Å². The molecule has 0 unspecified atom stereocenters. The molecule has 5 nitrogen and oxygen atoms in total. The number of anilines is 2. The third-order valence-corrected chi connectivity index (χ3v) is 5.88. The summed E-state index contributed by atoms with van der Waals surface area (Å²) in [6.45, 7) is 7.38. The third-order valence-electron chi connectivity index (χ3n) is 5.28. The van der Waals surface area contributed by atoms with Crippen LogP contribution in [0, 0.1) is 13.8 Å². The van der Waals surface area contributed by atoms with Crippen molar-refractivity contribution in [2.75, 3.05) is 36.4 Å². The molecule has 1 saturated heterocycles. The monoisotopic (exact) mass is 427 g/mol. The highest BCUT2D eigenvalue weighted by Gasteiger charge is 2.20. The molecule has 1 aliphatic rings. The lowest BCUT2D eigenvalue weighted by atomic mass is 10.1. The van der Waals surface area contributed by atoms with Gasteiger partial charge in [-0.25, -0.2) is 4.79 Å². The predicted molar refractivity (Wildman–Crippen MR) is 123 cm³/mol.